The third-order valence-electron chi connectivity index (χ3n) is 2.24. The summed E-state index contributed by atoms with van der Waals surface area (Å²) in [5.41, 5.74) is 0.771. The molecule has 0 aromatic carbocycles. The number of aromatic nitrogens is 1. The first-order valence-electron chi connectivity index (χ1n) is 4.90. The molecule has 0 saturated carbocycles. The molecule has 1 aromatic heterocycles. The van der Waals surface area contributed by atoms with Crippen LogP contribution in [0.3, 0.4) is 0 Å². The van der Waals surface area contributed by atoms with Crippen LogP contribution in [-0.2, 0) is 12.2 Å². The van der Waals surface area contributed by atoms with E-state index in [1.165, 1.54) is 4.88 Å². The van der Waals surface area contributed by atoms with Crippen molar-refractivity contribution >= 4 is 28.9 Å². The van der Waals surface area contributed by atoms with Crippen LogP contribution in [0.15, 0.2) is 0 Å². The Balaban J connectivity index is 2.17. The minimum Gasteiger partial charge on any atom is -0.292 e. The summed E-state index contributed by atoms with van der Waals surface area (Å²) in [6, 6.07) is 0. The molecular weight excluding hydrogens is 214 g/mol. The molecule has 1 aliphatic carbocycles. The van der Waals surface area contributed by atoms with Gasteiger partial charge in [0, 0.05) is 17.1 Å². The third kappa shape index (κ3) is 2.01. The number of hydrogen-bond donors (Lipinski definition) is 0. The number of carbonyl (C=O) groups excluding carboxylic acids is 1. The van der Waals surface area contributed by atoms with Gasteiger partial charge in [-0.25, -0.2) is 4.98 Å². The van der Waals surface area contributed by atoms with Gasteiger partial charge < -0.3 is 0 Å². The van der Waals surface area contributed by atoms with Gasteiger partial charge in [-0.2, -0.15) is 11.8 Å². The van der Waals surface area contributed by atoms with Gasteiger partial charge in [0.15, 0.2) is 5.78 Å². The van der Waals surface area contributed by atoms with E-state index in [0.29, 0.717) is 6.42 Å². The molecule has 0 fully saturated rings. The predicted octanol–water partition coefficient (Wildman–Crippen LogP) is 2.92. The van der Waals surface area contributed by atoms with Gasteiger partial charge in [-0.1, -0.05) is 6.92 Å². The second-order valence-corrected chi connectivity index (χ2v) is 5.74. The Morgan fingerprint density at radius 2 is 2.36 bits per heavy atom. The summed E-state index contributed by atoms with van der Waals surface area (Å²) in [5.74, 6) is 2.31. The first kappa shape index (κ1) is 10.2. The van der Waals surface area contributed by atoms with Gasteiger partial charge in [0.1, 0.15) is 10.7 Å². The molecule has 0 bridgehead atoms. The average Bonchev–Trinajstić information content (AvgIpc) is 2.59. The number of aryl methyl sites for hydroxylation is 1. The smallest absolute Gasteiger partial charge is 0.182 e. The maximum absolute atomic E-state index is 11.5. The molecule has 0 spiro atoms. The Labute approximate surface area is 92.1 Å². The van der Waals surface area contributed by atoms with Crippen molar-refractivity contribution in [3.05, 3.63) is 15.6 Å². The number of nitrogens with zero attached hydrogens (tertiary/aromatic N) is 1. The normalized spacial score (nSPS) is 15.6. The molecule has 0 radical (unpaired) electrons. The molecule has 76 valence electrons. The highest BCUT2D eigenvalue weighted by atomic mass is 32.2. The number of carbonyl (C=O) groups is 1. The minimum atomic E-state index is 0.246. The molecule has 1 aliphatic rings. The van der Waals surface area contributed by atoms with E-state index in [1.807, 2.05) is 11.8 Å². The molecule has 0 atom stereocenters. The Kier molecular flexibility index (Phi) is 3.23. The van der Waals surface area contributed by atoms with Crippen molar-refractivity contribution in [2.75, 3.05) is 5.75 Å². The zero-order valence-electron chi connectivity index (χ0n) is 8.21. The lowest BCUT2D eigenvalue weighted by Gasteiger charge is -2.06. The van der Waals surface area contributed by atoms with Crippen LogP contribution in [-0.4, -0.2) is 16.5 Å². The molecule has 0 saturated heterocycles. The summed E-state index contributed by atoms with van der Waals surface area (Å²) in [6.07, 6.45) is 2.75. The number of thioether (sulfide) groups is 1. The van der Waals surface area contributed by atoms with Crippen LogP contribution in [0.25, 0.3) is 0 Å². The summed E-state index contributed by atoms with van der Waals surface area (Å²) in [4.78, 5) is 17.1. The van der Waals surface area contributed by atoms with Gasteiger partial charge >= 0.3 is 0 Å². The summed E-state index contributed by atoms with van der Waals surface area (Å²) >= 11 is 3.59. The summed E-state index contributed by atoms with van der Waals surface area (Å²) in [5, 5.41) is 1.12. The van der Waals surface area contributed by atoms with Gasteiger partial charge in [0.25, 0.3) is 0 Å². The maximum atomic E-state index is 11.5. The van der Waals surface area contributed by atoms with E-state index >= 15 is 0 Å². The van der Waals surface area contributed by atoms with Gasteiger partial charge in [-0.05, 0) is 18.6 Å². The standard InChI is InChI=1S/C10H13NOS2/c1-2-13-6-9-11-10-7(12)4-3-5-8(10)14-9/h2-6H2,1H3. The largest absolute Gasteiger partial charge is 0.292 e. The summed E-state index contributed by atoms with van der Waals surface area (Å²) < 4.78 is 0. The highest BCUT2D eigenvalue weighted by Gasteiger charge is 2.21. The number of ketones is 1. The van der Waals surface area contributed by atoms with Crippen LogP contribution in [0.4, 0.5) is 0 Å². The van der Waals surface area contributed by atoms with E-state index in [-0.39, 0.29) is 5.78 Å². The highest BCUT2D eigenvalue weighted by molar-refractivity contribution is 7.98. The lowest BCUT2D eigenvalue weighted by molar-refractivity contribution is 0.0968. The van der Waals surface area contributed by atoms with Crippen molar-refractivity contribution in [1.82, 2.24) is 4.98 Å². The quantitative estimate of drug-likeness (QED) is 0.795. The lowest BCUT2D eigenvalue weighted by Crippen LogP contribution is -2.08. The fraction of sp³-hybridized carbons (Fsp3) is 0.600. The molecule has 0 N–H and O–H groups in total. The Hall–Kier alpha value is -0.350. The van der Waals surface area contributed by atoms with E-state index < -0.39 is 0 Å². The Morgan fingerprint density at radius 1 is 1.50 bits per heavy atom. The van der Waals surface area contributed by atoms with Gasteiger partial charge in [-0.15, -0.1) is 11.3 Å². The van der Waals surface area contributed by atoms with Crippen molar-refractivity contribution in [3.63, 3.8) is 0 Å². The van der Waals surface area contributed by atoms with Crippen molar-refractivity contribution in [1.29, 1.82) is 0 Å². The first-order chi connectivity index (χ1) is 6.81. The SMILES string of the molecule is CCSCc1nc2c(s1)CCCC2=O. The average molecular weight is 227 g/mol. The van der Waals surface area contributed by atoms with Crippen LogP contribution >= 0.6 is 23.1 Å². The van der Waals surface area contributed by atoms with Crippen LogP contribution < -0.4 is 0 Å². The van der Waals surface area contributed by atoms with Gasteiger partial charge in [0.2, 0.25) is 0 Å². The molecule has 1 aromatic rings. The van der Waals surface area contributed by atoms with Crippen LogP contribution in [0, 0.1) is 0 Å². The monoisotopic (exact) mass is 227 g/mol. The number of rotatable bonds is 3. The van der Waals surface area contributed by atoms with Crippen molar-refractivity contribution < 1.29 is 4.79 Å². The summed E-state index contributed by atoms with van der Waals surface area (Å²) in [6.45, 7) is 2.14. The summed E-state index contributed by atoms with van der Waals surface area (Å²) in [7, 11) is 0. The third-order valence-corrected chi connectivity index (χ3v) is 4.43. The first-order valence-corrected chi connectivity index (χ1v) is 6.88. The number of Topliss-reactive ketones (excluding diaryl/α,β-unsaturated/α-hetero) is 1. The molecule has 0 unspecified atom stereocenters. The highest BCUT2D eigenvalue weighted by Crippen LogP contribution is 2.28. The van der Waals surface area contributed by atoms with Crippen molar-refractivity contribution in [2.45, 2.75) is 31.9 Å². The Bertz CT molecular complexity index is 346. The molecule has 0 aliphatic heterocycles. The van der Waals surface area contributed by atoms with E-state index in [4.69, 9.17) is 0 Å². The van der Waals surface area contributed by atoms with E-state index in [9.17, 15) is 4.79 Å². The van der Waals surface area contributed by atoms with Gasteiger partial charge in [-0.3, -0.25) is 4.79 Å². The van der Waals surface area contributed by atoms with E-state index in [2.05, 4.69) is 11.9 Å². The van der Waals surface area contributed by atoms with Crippen molar-refractivity contribution in [3.8, 4) is 0 Å². The molecule has 2 rings (SSSR count). The maximum Gasteiger partial charge on any atom is 0.182 e. The van der Waals surface area contributed by atoms with E-state index in [0.717, 1.165) is 35.0 Å². The second kappa shape index (κ2) is 4.45. The molecule has 0 amide bonds. The second-order valence-electron chi connectivity index (χ2n) is 3.29. The predicted molar refractivity (Wildman–Crippen MR) is 61.2 cm³/mol. The molecular formula is C10H13NOS2. The number of thiazole rings is 1. The fourth-order valence-electron chi connectivity index (χ4n) is 1.57. The van der Waals surface area contributed by atoms with Crippen LogP contribution in [0.1, 0.15) is 40.1 Å². The number of hydrogen-bond acceptors (Lipinski definition) is 4. The Morgan fingerprint density at radius 3 is 3.07 bits per heavy atom. The van der Waals surface area contributed by atoms with Crippen LogP contribution in [0.2, 0.25) is 0 Å². The lowest BCUT2D eigenvalue weighted by atomic mass is 10.0. The number of fused-ring (bicyclic) bond motifs is 1. The zero-order chi connectivity index (χ0) is 9.97. The topological polar surface area (TPSA) is 30.0 Å². The zero-order valence-corrected chi connectivity index (χ0v) is 9.84. The van der Waals surface area contributed by atoms with Crippen molar-refractivity contribution in [2.24, 2.45) is 0 Å². The minimum absolute atomic E-state index is 0.246. The van der Waals surface area contributed by atoms with Gasteiger partial charge in [0.05, 0.1) is 0 Å². The molecule has 4 heteroatoms. The molecule has 2 nitrogen and oxygen atoms in total. The van der Waals surface area contributed by atoms with Crippen LogP contribution in [0.5, 0.6) is 0 Å². The molecule has 14 heavy (non-hydrogen) atoms. The fourth-order valence-corrected chi connectivity index (χ4v) is 3.42. The molecule has 1 heterocycles. The van der Waals surface area contributed by atoms with E-state index in [1.54, 1.807) is 11.3 Å².